The number of rotatable bonds is 3. The van der Waals surface area contributed by atoms with Crippen LogP contribution in [0.1, 0.15) is 0 Å². The van der Waals surface area contributed by atoms with E-state index in [1.165, 1.54) is 7.11 Å². The quantitative estimate of drug-likeness (QED) is 0.298. The minimum absolute atomic E-state index is 0. The molecule has 0 bridgehead atoms. The minimum atomic E-state index is -4.27. The third kappa shape index (κ3) is 6.84. The zero-order valence-corrected chi connectivity index (χ0v) is 17.1. The summed E-state index contributed by atoms with van der Waals surface area (Å²) in [6.07, 6.45) is 2.72. The molecule has 27 heavy (non-hydrogen) atoms. The van der Waals surface area contributed by atoms with Crippen LogP contribution in [0.3, 0.4) is 0 Å². The molecule has 10 heteroatoms. The summed E-state index contributed by atoms with van der Waals surface area (Å²) in [5, 5.41) is -0.477. The minimum Gasteiger partial charge on any atom is -0.481 e. The summed E-state index contributed by atoms with van der Waals surface area (Å²) in [4.78, 5) is 14.4. The summed E-state index contributed by atoms with van der Waals surface area (Å²) < 4.78 is 34.2. The van der Waals surface area contributed by atoms with Gasteiger partial charge in [-0.15, -0.1) is 23.8 Å². The van der Waals surface area contributed by atoms with Crippen molar-refractivity contribution in [3.8, 4) is 17.1 Å². The predicted molar refractivity (Wildman–Crippen MR) is 93.2 cm³/mol. The third-order valence-corrected chi connectivity index (χ3v) is 3.70. The molecule has 1 N–H and O–H groups in total. The fourth-order valence-corrected chi connectivity index (χ4v) is 2.20. The molecule has 0 saturated heterocycles. The van der Waals surface area contributed by atoms with Crippen molar-refractivity contribution in [2.45, 2.75) is 5.03 Å². The molecule has 2 aromatic heterocycles. The topological polar surface area (TPSA) is 107 Å². The molecule has 2 heterocycles. The summed E-state index contributed by atoms with van der Waals surface area (Å²) in [6.45, 7) is 6.89. The molecule has 0 aliphatic carbocycles. The molecule has 0 amide bonds. The molecule has 141 valence electrons. The van der Waals surface area contributed by atoms with Gasteiger partial charge in [0.25, 0.3) is 0 Å². The third-order valence-electron chi connectivity index (χ3n) is 2.95. The van der Waals surface area contributed by atoms with Crippen LogP contribution in [0, 0.1) is 12.6 Å². The monoisotopic (exact) mass is 562 g/mol. The number of hydrogen-bond donors (Lipinski definition) is 1. The summed E-state index contributed by atoms with van der Waals surface area (Å²) in [6, 6.07) is 15.0. The van der Waals surface area contributed by atoms with Crippen LogP contribution in [0.4, 0.5) is 5.69 Å². The molecule has 0 aliphatic heterocycles. The molecule has 1 radical (unpaired) electrons. The number of aromatic nitrogens is 3. The number of pyridine rings is 1. The first-order valence-electron chi connectivity index (χ1n) is 7.08. The van der Waals surface area contributed by atoms with Crippen LogP contribution in [-0.2, 0) is 30.2 Å². The summed E-state index contributed by atoms with van der Waals surface area (Å²) in [5.74, 6) is 0.0811. The second-order valence-electron chi connectivity index (χ2n) is 4.66. The van der Waals surface area contributed by atoms with Crippen molar-refractivity contribution in [2.24, 2.45) is 0 Å². The van der Waals surface area contributed by atoms with Gasteiger partial charge in [0.1, 0.15) is 12.0 Å². The fourth-order valence-electron chi connectivity index (χ4n) is 1.77. The first-order chi connectivity index (χ1) is 12.4. The molecule has 0 unspecified atom stereocenters. The van der Waals surface area contributed by atoms with E-state index in [9.17, 15) is 8.42 Å². The van der Waals surface area contributed by atoms with Crippen molar-refractivity contribution in [3.05, 3.63) is 72.5 Å². The van der Waals surface area contributed by atoms with Crippen molar-refractivity contribution in [1.82, 2.24) is 15.0 Å². The van der Waals surface area contributed by atoms with Crippen molar-refractivity contribution in [1.29, 1.82) is 0 Å². The summed E-state index contributed by atoms with van der Waals surface area (Å²) >= 11 is 0. The van der Waals surface area contributed by atoms with Gasteiger partial charge in [-0.1, -0.05) is 12.1 Å². The number of nitrogens with zero attached hydrogens (tertiary/aromatic N) is 4. The van der Waals surface area contributed by atoms with Gasteiger partial charge in [0.05, 0.1) is 13.7 Å². The predicted octanol–water partition coefficient (Wildman–Crippen LogP) is 2.83. The molecule has 1 aromatic carbocycles. The van der Waals surface area contributed by atoms with Crippen LogP contribution in [0.2, 0.25) is 0 Å². The van der Waals surface area contributed by atoms with E-state index >= 15 is 0 Å². The van der Waals surface area contributed by atoms with Crippen LogP contribution in [-0.4, -0.2) is 35.0 Å². The van der Waals surface area contributed by atoms with Crippen molar-refractivity contribution in [2.75, 3.05) is 7.11 Å². The zero-order chi connectivity index (χ0) is 19.0. The van der Waals surface area contributed by atoms with Gasteiger partial charge >= 0.3 is 10.1 Å². The van der Waals surface area contributed by atoms with E-state index in [2.05, 4.69) is 30.6 Å². The Morgan fingerprint density at radius 1 is 1.19 bits per heavy atom. The molecule has 0 fully saturated rings. The Morgan fingerprint density at radius 2 is 1.96 bits per heavy atom. The molecular formula is C17H13IrN4O4S-. The Bertz CT molecular complexity index is 1020. The second-order valence-corrected chi connectivity index (χ2v) is 6.03. The molecule has 0 saturated carbocycles. The first kappa shape index (κ1) is 22.3. The van der Waals surface area contributed by atoms with E-state index in [0.717, 1.165) is 23.7 Å². The maximum atomic E-state index is 10.5. The van der Waals surface area contributed by atoms with Crippen LogP contribution in [0.5, 0.6) is 5.88 Å². The van der Waals surface area contributed by atoms with Crippen LogP contribution >= 0.6 is 0 Å². The number of hydrogen-bond acceptors (Lipinski definition) is 6. The molecular weight excluding hydrogens is 548 g/mol. The van der Waals surface area contributed by atoms with Gasteiger partial charge in [0.2, 0.25) is 5.88 Å². The maximum Gasteiger partial charge on any atom is 0.312 e. The van der Waals surface area contributed by atoms with Gasteiger partial charge in [-0.3, -0.25) is 9.40 Å². The van der Waals surface area contributed by atoms with Gasteiger partial charge < -0.3 is 9.72 Å². The van der Waals surface area contributed by atoms with Crippen molar-refractivity contribution in [3.63, 3.8) is 0 Å². The largest absolute Gasteiger partial charge is 0.481 e. The number of methoxy groups -OCH3 is 1. The van der Waals surface area contributed by atoms with Gasteiger partial charge in [-0.2, -0.15) is 14.5 Å². The molecule has 3 rings (SSSR count). The van der Waals surface area contributed by atoms with E-state index in [-0.39, 0.29) is 26.0 Å². The van der Waals surface area contributed by atoms with Gasteiger partial charge in [0, 0.05) is 32.4 Å². The Labute approximate surface area is 170 Å². The van der Waals surface area contributed by atoms with E-state index in [1.54, 1.807) is 24.4 Å². The van der Waals surface area contributed by atoms with Crippen molar-refractivity contribution < 1.29 is 37.8 Å². The van der Waals surface area contributed by atoms with Crippen LogP contribution in [0.15, 0.2) is 60.0 Å². The van der Waals surface area contributed by atoms with Crippen molar-refractivity contribution >= 4 is 15.8 Å². The SMILES string of the molecule is COc1cc(S(=O)(=O)O)ncn1.[C-]#[N+]c1cc[c-]c(-c2ccccn2)c1.[Ir]. The Morgan fingerprint density at radius 3 is 2.56 bits per heavy atom. The van der Waals surface area contributed by atoms with E-state index in [1.807, 2.05) is 18.2 Å². The normalized spacial score (nSPS) is 9.81. The molecule has 0 spiro atoms. The Hall–Kier alpha value is -2.70. The molecule has 0 aliphatic rings. The Kier molecular flexibility index (Phi) is 8.65. The van der Waals surface area contributed by atoms with Crippen LogP contribution in [0.25, 0.3) is 16.1 Å². The van der Waals surface area contributed by atoms with Gasteiger partial charge in [0.15, 0.2) is 5.03 Å². The first-order valence-corrected chi connectivity index (χ1v) is 8.52. The molecule has 0 atom stereocenters. The second kappa shape index (κ2) is 10.4. The van der Waals surface area contributed by atoms with E-state index in [0.29, 0.717) is 5.69 Å². The average molecular weight is 562 g/mol. The number of benzene rings is 1. The number of ether oxygens (including phenoxy) is 1. The fraction of sp³-hybridized carbons (Fsp3) is 0.0588. The Balaban J connectivity index is 0.000000264. The van der Waals surface area contributed by atoms with Gasteiger partial charge in [-0.05, 0) is 11.8 Å². The van der Waals surface area contributed by atoms with E-state index in [4.69, 9.17) is 11.1 Å². The van der Waals surface area contributed by atoms with E-state index < -0.39 is 15.1 Å². The summed E-state index contributed by atoms with van der Waals surface area (Å²) in [5.41, 5.74) is 2.32. The summed E-state index contributed by atoms with van der Waals surface area (Å²) in [7, 11) is -2.94. The standard InChI is InChI=1S/C12H7N2.C5H6N2O4S.Ir/c1-13-11-6-4-5-10(9-11)12-7-2-3-8-14-12;1-11-4-2-5(7-3-6-4)12(8,9)10;/h2-4,6-9H;2-3H,1H3,(H,8,9,10);/q-1;;. The maximum absolute atomic E-state index is 10.5. The smallest absolute Gasteiger partial charge is 0.312 e. The average Bonchev–Trinajstić information content (AvgIpc) is 2.68. The molecule has 3 aromatic rings. The molecule has 8 nitrogen and oxygen atoms in total. The van der Waals surface area contributed by atoms with Crippen LogP contribution < -0.4 is 4.74 Å². The zero-order valence-electron chi connectivity index (χ0n) is 13.9. The van der Waals surface area contributed by atoms with Gasteiger partial charge in [-0.25, -0.2) is 9.97 Å².